The summed E-state index contributed by atoms with van der Waals surface area (Å²) in [5, 5.41) is 7.03. The van der Waals surface area contributed by atoms with Gasteiger partial charge in [0.1, 0.15) is 5.75 Å². The summed E-state index contributed by atoms with van der Waals surface area (Å²) in [5.41, 5.74) is 0.898. The number of ether oxygens (including phenoxy) is 1. The SMILES string of the molecule is CCOc1ccccc1NC(=S)NCCSC(C)(C)C. The maximum atomic E-state index is 5.55. The van der Waals surface area contributed by atoms with Crippen molar-refractivity contribution >= 4 is 34.8 Å². The first-order valence-corrected chi connectivity index (χ1v) is 8.22. The summed E-state index contributed by atoms with van der Waals surface area (Å²) >= 11 is 7.22. The van der Waals surface area contributed by atoms with Gasteiger partial charge >= 0.3 is 0 Å². The van der Waals surface area contributed by atoms with E-state index in [0.717, 1.165) is 23.7 Å². The molecule has 1 aromatic rings. The van der Waals surface area contributed by atoms with E-state index < -0.39 is 0 Å². The molecule has 0 spiro atoms. The number of hydrogen-bond donors (Lipinski definition) is 2. The lowest BCUT2D eigenvalue weighted by Gasteiger charge is -2.18. The van der Waals surface area contributed by atoms with Gasteiger partial charge in [0.25, 0.3) is 0 Å². The first-order valence-electron chi connectivity index (χ1n) is 6.83. The van der Waals surface area contributed by atoms with Crippen LogP contribution in [0.25, 0.3) is 0 Å². The Hall–Kier alpha value is -0.940. The van der Waals surface area contributed by atoms with Gasteiger partial charge in [-0.2, -0.15) is 11.8 Å². The van der Waals surface area contributed by atoms with Crippen LogP contribution in [-0.2, 0) is 0 Å². The van der Waals surface area contributed by atoms with Crippen LogP contribution in [0.3, 0.4) is 0 Å². The van der Waals surface area contributed by atoms with Crippen molar-refractivity contribution in [2.24, 2.45) is 0 Å². The van der Waals surface area contributed by atoms with Gasteiger partial charge in [0.05, 0.1) is 12.3 Å². The number of thiocarbonyl (C=S) groups is 1. The molecule has 20 heavy (non-hydrogen) atoms. The fourth-order valence-corrected chi connectivity index (χ4v) is 2.57. The van der Waals surface area contributed by atoms with Crippen LogP contribution in [0.15, 0.2) is 24.3 Å². The summed E-state index contributed by atoms with van der Waals surface area (Å²) < 4.78 is 5.84. The maximum Gasteiger partial charge on any atom is 0.170 e. The molecule has 2 N–H and O–H groups in total. The van der Waals surface area contributed by atoms with E-state index in [-0.39, 0.29) is 4.75 Å². The van der Waals surface area contributed by atoms with Crippen LogP contribution < -0.4 is 15.4 Å². The van der Waals surface area contributed by atoms with Crippen LogP contribution >= 0.6 is 24.0 Å². The van der Waals surface area contributed by atoms with Crippen molar-refractivity contribution in [1.82, 2.24) is 5.32 Å². The summed E-state index contributed by atoms with van der Waals surface area (Å²) in [6.07, 6.45) is 0. The molecule has 1 aromatic carbocycles. The molecule has 0 heterocycles. The van der Waals surface area contributed by atoms with E-state index >= 15 is 0 Å². The van der Waals surface area contributed by atoms with E-state index in [1.165, 1.54) is 0 Å². The van der Waals surface area contributed by atoms with Crippen molar-refractivity contribution < 1.29 is 4.74 Å². The Balaban J connectivity index is 2.39. The molecule has 0 saturated heterocycles. The molecular weight excluding hydrogens is 288 g/mol. The summed E-state index contributed by atoms with van der Waals surface area (Å²) in [6.45, 7) is 10.1. The van der Waals surface area contributed by atoms with Gasteiger partial charge in [-0.05, 0) is 31.3 Å². The van der Waals surface area contributed by atoms with Crippen molar-refractivity contribution in [3.05, 3.63) is 24.3 Å². The van der Waals surface area contributed by atoms with E-state index in [4.69, 9.17) is 17.0 Å². The predicted molar refractivity (Wildman–Crippen MR) is 94.0 cm³/mol. The van der Waals surface area contributed by atoms with E-state index in [1.54, 1.807) is 0 Å². The second kappa shape index (κ2) is 8.37. The highest BCUT2D eigenvalue weighted by atomic mass is 32.2. The van der Waals surface area contributed by atoms with Crippen LogP contribution in [-0.4, -0.2) is 28.8 Å². The van der Waals surface area contributed by atoms with Crippen molar-refractivity contribution in [1.29, 1.82) is 0 Å². The Labute approximate surface area is 131 Å². The molecule has 112 valence electrons. The lowest BCUT2D eigenvalue weighted by molar-refractivity contribution is 0.342. The van der Waals surface area contributed by atoms with Gasteiger partial charge in [0, 0.05) is 17.0 Å². The molecular formula is C15H24N2OS2. The fraction of sp³-hybridized carbons (Fsp3) is 0.533. The predicted octanol–water partition coefficient (Wildman–Crippen LogP) is 3.90. The molecule has 0 saturated carbocycles. The number of hydrogen-bond acceptors (Lipinski definition) is 3. The molecule has 3 nitrogen and oxygen atoms in total. The van der Waals surface area contributed by atoms with Crippen molar-refractivity contribution in [2.75, 3.05) is 24.2 Å². The average Bonchev–Trinajstić information content (AvgIpc) is 2.36. The van der Waals surface area contributed by atoms with Gasteiger partial charge < -0.3 is 15.4 Å². The zero-order valence-corrected chi connectivity index (χ0v) is 14.3. The third-order valence-corrected chi connectivity index (χ3v) is 3.88. The molecule has 0 aromatic heterocycles. The third-order valence-electron chi connectivity index (χ3n) is 2.36. The quantitative estimate of drug-likeness (QED) is 0.615. The topological polar surface area (TPSA) is 33.3 Å². The normalized spacial score (nSPS) is 11.0. The molecule has 0 amide bonds. The third kappa shape index (κ3) is 7.01. The number of nitrogens with one attached hydrogen (secondary N) is 2. The molecule has 1 rings (SSSR count). The minimum atomic E-state index is 0.290. The van der Waals surface area contributed by atoms with Gasteiger partial charge in [-0.15, -0.1) is 0 Å². The van der Waals surface area contributed by atoms with Gasteiger partial charge in [-0.25, -0.2) is 0 Å². The van der Waals surface area contributed by atoms with Crippen molar-refractivity contribution in [2.45, 2.75) is 32.4 Å². The monoisotopic (exact) mass is 312 g/mol. The molecule has 0 bridgehead atoms. The zero-order chi connectivity index (χ0) is 15.0. The van der Waals surface area contributed by atoms with Crippen LogP contribution in [0.4, 0.5) is 5.69 Å². The standard InChI is InChI=1S/C15H24N2OS2/c1-5-18-13-9-7-6-8-12(13)17-14(19)16-10-11-20-15(2,3)4/h6-9H,5,10-11H2,1-4H3,(H2,16,17,19). The van der Waals surface area contributed by atoms with Gasteiger partial charge in [-0.3, -0.25) is 0 Å². The van der Waals surface area contributed by atoms with Gasteiger partial charge in [0.15, 0.2) is 5.11 Å². The van der Waals surface area contributed by atoms with Crippen LogP contribution in [0, 0.1) is 0 Å². The smallest absolute Gasteiger partial charge is 0.170 e. The Kier molecular flexibility index (Phi) is 7.16. The van der Waals surface area contributed by atoms with E-state index in [1.807, 2.05) is 43.0 Å². The maximum absolute atomic E-state index is 5.55. The van der Waals surface area contributed by atoms with Crippen LogP contribution in [0.5, 0.6) is 5.75 Å². The number of para-hydroxylation sites is 2. The highest BCUT2D eigenvalue weighted by molar-refractivity contribution is 8.00. The van der Waals surface area contributed by atoms with Crippen molar-refractivity contribution in [3.8, 4) is 5.75 Å². The highest BCUT2D eigenvalue weighted by Crippen LogP contribution is 2.24. The lowest BCUT2D eigenvalue weighted by atomic mass is 10.3. The Bertz CT molecular complexity index is 430. The largest absolute Gasteiger partial charge is 0.492 e. The van der Waals surface area contributed by atoms with Crippen LogP contribution in [0.1, 0.15) is 27.7 Å². The number of rotatable bonds is 6. The Morgan fingerprint density at radius 3 is 2.65 bits per heavy atom. The molecule has 0 atom stereocenters. The number of thioether (sulfide) groups is 1. The Morgan fingerprint density at radius 1 is 1.30 bits per heavy atom. The zero-order valence-electron chi connectivity index (χ0n) is 12.7. The van der Waals surface area contributed by atoms with Crippen LogP contribution in [0.2, 0.25) is 0 Å². The number of anilines is 1. The van der Waals surface area contributed by atoms with E-state index in [2.05, 4.69) is 31.4 Å². The summed E-state index contributed by atoms with van der Waals surface area (Å²) in [6, 6.07) is 7.81. The minimum Gasteiger partial charge on any atom is -0.492 e. The molecule has 0 aliphatic heterocycles. The highest BCUT2D eigenvalue weighted by Gasteiger charge is 2.09. The molecule has 0 radical (unpaired) electrons. The van der Waals surface area contributed by atoms with E-state index in [0.29, 0.717) is 11.7 Å². The fourth-order valence-electron chi connectivity index (χ4n) is 1.54. The van der Waals surface area contributed by atoms with E-state index in [9.17, 15) is 0 Å². The molecule has 0 fully saturated rings. The lowest BCUT2D eigenvalue weighted by Crippen LogP contribution is -2.31. The molecule has 0 unspecified atom stereocenters. The minimum absolute atomic E-state index is 0.290. The second-order valence-corrected chi connectivity index (χ2v) is 7.60. The summed E-state index contributed by atoms with van der Waals surface area (Å²) in [7, 11) is 0. The first-order chi connectivity index (χ1) is 9.42. The first kappa shape index (κ1) is 17.1. The second-order valence-electron chi connectivity index (χ2n) is 5.27. The van der Waals surface area contributed by atoms with Gasteiger partial charge in [-0.1, -0.05) is 32.9 Å². The summed E-state index contributed by atoms with van der Waals surface area (Å²) in [5.74, 6) is 1.85. The molecule has 5 heteroatoms. The Morgan fingerprint density at radius 2 is 2.00 bits per heavy atom. The number of benzene rings is 1. The average molecular weight is 313 g/mol. The molecule has 0 aliphatic carbocycles. The molecule has 0 aliphatic rings. The van der Waals surface area contributed by atoms with Crippen molar-refractivity contribution in [3.63, 3.8) is 0 Å². The van der Waals surface area contributed by atoms with Gasteiger partial charge in [0.2, 0.25) is 0 Å². The summed E-state index contributed by atoms with van der Waals surface area (Å²) in [4.78, 5) is 0.